The van der Waals surface area contributed by atoms with E-state index in [0.717, 1.165) is 11.3 Å². The second-order valence-electron chi connectivity index (χ2n) is 8.29. The topological polar surface area (TPSA) is 72.9 Å². The van der Waals surface area contributed by atoms with Crippen molar-refractivity contribution in [2.45, 2.75) is 20.3 Å². The number of amides is 1. The third kappa shape index (κ3) is 5.46. The van der Waals surface area contributed by atoms with E-state index in [4.69, 9.17) is 21.1 Å². The van der Waals surface area contributed by atoms with Crippen molar-refractivity contribution in [3.05, 3.63) is 88.4 Å². The highest BCUT2D eigenvalue weighted by Gasteiger charge is 2.36. The highest BCUT2D eigenvalue weighted by molar-refractivity contribution is 6.30. The first-order valence-electron chi connectivity index (χ1n) is 10.9. The lowest BCUT2D eigenvalue weighted by Crippen LogP contribution is -2.27. The van der Waals surface area contributed by atoms with Gasteiger partial charge in [0.25, 0.3) is 0 Å². The summed E-state index contributed by atoms with van der Waals surface area (Å²) < 4.78 is 11.1. The monoisotopic (exact) mass is 477 g/mol. The van der Waals surface area contributed by atoms with Crippen molar-refractivity contribution in [3.63, 3.8) is 0 Å². The summed E-state index contributed by atoms with van der Waals surface area (Å²) in [6.07, 6.45) is 0.0366. The molecule has 0 N–H and O–H groups in total. The first-order chi connectivity index (χ1) is 16.3. The number of anilines is 1. The number of nitrogens with zero attached hydrogens (tertiary/aromatic N) is 1. The number of hydrogen-bond donors (Lipinski definition) is 0. The van der Waals surface area contributed by atoms with Gasteiger partial charge in [0.15, 0.2) is 12.4 Å². The highest BCUT2D eigenvalue weighted by atomic mass is 35.5. The summed E-state index contributed by atoms with van der Waals surface area (Å²) in [5.41, 5.74) is 3.41. The minimum absolute atomic E-state index is 0.0366. The first-order valence-corrected chi connectivity index (χ1v) is 11.3. The van der Waals surface area contributed by atoms with E-state index in [1.807, 2.05) is 32.0 Å². The van der Waals surface area contributed by atoms with E-state index in [-0.39, 0.29) is 31.3 Å². The van der Waals surface area contributed by atoms with Gasteiger partial charge in [-0.1, -0.05) is 17.7 Å². The van der Waals surface area contributed by atoms with Crippen LogP contribution < -0.4 is 9.64 Å². The Labute approximate surface area is 203 Å². The fourth-order valence-electron chi connectivity index (χ4n) is 3.70. The molecule has 0 saturated carbocycles. The van der Waals surface area contributed by atoms with Crippen LogP contribution in [0.25, 0.3) is 0 Å². The Kier molecular flexibility index (Phi) is 6.98. The zero-order chi connectivity index (χ0) is 24.2. The minimum atomic E-state index is -0.628. The summed E-state index contributed by atoms with van der Waals surface area (Å²) in [6, 6.07) is 19.4. The Morgan fingerprint density at radius 1 is 0.941 bits per heavy atom. The molecular weight excluding hydrogens is 454 g/mol. The molecule has 6 nitrogen and oxygen atoms in total. The van der Waals surface area contributed by atoms with E-state index in [9.17, 15) is 14.4 Å². The average molecular weight is 478 g/mol. The van der Waals surface area contributed by atoms with Gasteiger partial charge in [-0.25, -0.2) is 0 Å². The molecule has 0 radical (unpaired) electrons. The van der Waals surface area contributed by atoms with Crippen molar-refractivity contribution in [3.8, 4) is 11.5 Å². The number of ketones is 1. The van der Waals surface area contributed by atoms with Crippen LogP contribution in [0.2, 0.25) is 5.02 Å². The summed E-state index contributed by atoms with van der Waals surface area (Å²) in [5, 5.41) is 0.517. The molecule has 1 saturated heterocycles. The van der Waals surface area contributed by atoms with Crippen LogP contribution in [0.5, 0.6) is 11.5 Å². The van der Waals surface area contributed by atoms with E-state index in [0.29, 0.717) is 22.0 Å². The van der Waals surface area contributed by atoms with Gasteiger partial charge in [-0.15, -0.1) is 0 Å². The molecule has 4 rings (SSSR count). The second-order valence-corrected chi connectivity index (χ2v) is 8.72. The van der Waals surface area contributed by atoms with Crippen LogP contribution >= 0.6 is 11.6 Å². The maximum Gasteiger partial charge on any atom is 0.311 e. The Bertz CT molecular complexity index is 1220. The molecule has 1 heterocycles. The summed E-state index contributed by atoms with van der Waals surface area (Å²) in [5.74, 6) is -0.302. The maximum atomic E-state index is 12.5. The minimum Gasteiger partial charge on any atom is -0.457 e. The standard InChI is InChI=1S/C27H24ClNO5/c1-17-3-10-24(13-18(17)2)34-23-11-8-22(9-12-23)29-15-20(14-26(29)31)27(32)33-16-25(30)19-4-6-21(28)7-5-19/h3-13,20H,14-16H2,1-2H3. The lowest BCUT2D eigenvalue weighted by Gasteiger charge is -2.17. The van der Waals surface area contributed by atoms with Gasteiger partial charge in [-0.2, -0.15) is 0 Å². The molecular formula is C27H24ClNO5. The number of carbonyl (C=O) groups excluding carboxylic acids is 3. The molecule has 0 aliphatic carbocycles. The predicted octanol–water partition coefficient (Wildman–Crippen LogP) is 5.53. The highest BCUT2D eigenvalue weighted by Crippen LogP contribution is 2.29. The molecule has 3 aromatic rings. The summed E-state index contributed by atoms with van der Waals surface area (Å²) in [7, 11) is 0. The van der Waals surface area contributed by atoms with Gasteiger partial charge < -0.3 is 14.4 Å². The van der Waals surface area contributed by atoms with Gasteiger partial charge >= 0.3 is 5.97 Å². The van der Waals surface area contributed by atoms with Gasteiger partial charge in [-0.3, -0.25) is 14.4 Å². The Balaban J connectivity index is 1.33. The molecule has 0 aromatic heterocycles. The van der Waals surface area contributed by atoms with Gasteiger partial charge in [0, 0.05) is 29.2 Å². The fourth-order valence-corrected chi connectivity index (χ4v) is 3.82. The number of carbonyl (C=O) groups is 3. The van der Waals surface area contributed by atoms with Gasteiger partial charge in [-0.05, 0) is 85.6 Å². The number of esters is 1. The van der Waals surface area contributed by atoms with Crippen molar-refractivity contribution in [2.24, 2.45) is 5.92 Å². The van der Waals surface area contributed by atoms with Crippen molar-refractivity contribution >= 4 is 34.9 Å². The average Bonchev–Trinajstić information content (AvgIpc) is 3.22. The van der Waals surface area contributed by atoms with Gasteiger partial charge in [0.1, 0.15) is 11.5 Å². The fraction of sp³-hybridized carbons (Fsp3) is 0.222. The molecule has 1 aliphatic rings. The zero-order valence-electron chi connectivity index (χ0n) is 18.9. The molecule has 1 aliphatic heterocycles. The van der Waals surface area contributed by atoms with Crippen LogP contribution in [0.3, 0.4) is 0 Å². The van der Waals surface area contributed by atoms with Gasteiger partial charge in [0.2, 0.25) is 5.91 Å². The van der Waals surface area contributed by atoms with E-state index in [2.05, 4.69) is 0 Å². The van der Waals surface area contributed by atoms with Crippen LogP contribution in [-0.4, -0.2) is 30.8 Å². The smallest absolute Gasteiger partial charge is 0.311 e. The number of rotatable bonds is 7. The molecule has 1 fully saturated rings. The summed E-state index contributed by atoms with van der Waals surface area (Å²) in [4.78, 5) is 38.8. The van der Waals surface area contributed by atoms with E-state index in [1.54, 1.807) is 53.4 Å². The number of hydrogen-bond acceptors (Lipinski definition) is 5. The van der Waals surface area contributed by atoms with Crippen molar-refractivity contribution in [1.29, 1.82) is 0 Å². The number of Topliss-reactive ketones (excluding diaryl/α,β-unsaturated/α-hetero) is 1. The molecule has 1 atom stereocenters. The quantitative estimate of drug-likeness (QED) is 0.330. The molecule has 0 spiro atoms. The number of aryl methyl sites for hydroxylation is 2. The number of ether oxygens (including phenoxy) is 2. The molecule has 1 amide bonds. The molecule has 1 unspecified atom stereocenters. The summed E-state index contributed by atoms with van der Waals surface area (Å²) >= 11 is 5.82. The predicted molar refractivity (Wildman–Crippen MR) is 130 cm³/mol. The third-order valence-electron chi connectivity index (χ3n) is 5.83. The van der Waals surface area contributed by atoms with Crippen LogP contribution in [0.15, 0.2) is 66.7 Å². The Morgan fingerprint density at radius 2 is 1.62 bits per heavy atom. The lowest BCUT2D eigenvalue weighted by atomic mass is 10.1. The van der Waals surface area contributed by atoms with Crippen LogP contribution in [0.4, 0.5) is 5.69 Å². The lowest BCUT2D eigenvalue weighted by molar-refractivity contribution is -0.147. The van der Waals surface area contributed by atoms with Crippen molar-refractivity contribution in [2.75, 3.05) is 18.1 Å². The van der Waals surface area contributed by atoms with Crippen LogP contribution in [0, 0.1) is 19.8 Å². The molecule has 3 aromatic carbocycles. The largest absolute Gasteiger partial charge is 0.457 e. The first kappa shape index (κ1) is 23.5. The normalized spacial score (nSPS) is 15.3. The Morgan fingerprint density at radius 3 is 2.29 bits per heavy atom. The second kappa shape index (κ2) is 10.1. The molecule has 34 heavy (non-hydrogen) atoms. The van der Waals surface area contributed by atoms with E-state index in [1.165, 1.54) is 5.56 Å². The summed E-state index contributed by atoms with van der Waals surface area (Å²) in [6.45, 7) is 3.89. The SMILES string of the molecule is Cc1ccc(Oc2ccc(N3CC(C(=O)OCC(=O)c4ccc(Cl)cc4)CC3=O)cc2)cc1C. The van der Waals surface area contributed by atoms with E-state index >= 15 is 0 Å². The maximum absolute atomic E-state index is 12.5. The van der Waals surface area contributed by atoms with Crippen molar-refractivity contribution in [1.82, 2.24) is 0 Å². The van der Waals surface area contributed by atoms with E-state index < -0.39 is 11.9 Å². The Hall–Kier alpha value is -3.64. The van der Waals surface area contributed by atoms with Gasteiger partial charge in [0.05, 0.1) is 5.92 Å². The van der Waals surface area contributed by atoms with Crippen LogP contribution in [0.1, 0.15) is 27.9 Å². The molecule has 174 valence electrons. The zero-order valence-corrected chi connectivity index (χ0v) is 19.7. The number of halogens is 1. The molecule has 7 heteroatoms. The third-order valence-corrected chi connectivity index (χ3v) is 6.08. The van der Waals surface area contributed by atoms with Crippen molar-refractivity contribution < 1.29 is 23.9 Å². The number of benzene rings is 3. The van der Waals surface area contributed by atoms with Crippen LogP contribution in [-0.2, 0) is 14.3 Å². The molecule has 0 bridgehead atoms.